The fourth-order valence-corrected chi connectivity index (χ4v) is 2.90. The lowest BCUT2D eigenvalue weighted by Crippen LogP contribution is -2.24. The third kappa shape index (κ3) is 5.02. The van der Waals surface area contributed by atoms with Crippen molar-refractivity contribution in [2.75, 3.05) is 30.8 Å². The molecule has 0 bridgehead atoms. The Morgan fingerprint density at radius 2 is 1.53 bits per heavy atom. The minimum atomic E-state index is -5.00. The SMILES string of the molecule is CN1CCN=C1c1cccc(NC(=O)Nc2cc(C(F)(F)F)cc(C(F)(F)F)c2)c1. The van der Waals surface area contributed by atoms with Crippen LogP contribution in [-0.2, 0) is 12.4 Å². The van der Waals surface area contributed by atoms with Crippen LogP contribution in [-0.4, -0.2) is 36.9 Å². The van der Waals surface area contributed by atoms with E-state index in [1.807, 2.05) is 17.3 Å². The Kier molecular flexibility index (Phi) is 5.64. The van der Waals surface area contributed by atoms with E-state index in [1.165, 1.54) is 6.07 Å². The second-order valence-electron chi connectivity index (χ2n) is 6.58. The van der Waals surface area contributed by atoms with Gasteiger partial charge in [-0.25, -0.2) is 4.79 Å². The molecule has 11 heteroatoms. The molecule has 1 aliphatic heterocycles. The van der Waals surface area contributed by atoms with Gasteiger partial charge in [-0.3, -0.25) is 4.99 Å². The lowest BCUT2D eigenvalue weighted by molar-refractivity contribution is -0.143. The number of carbonyl (C=O) groups is 1. The van der Waals surface area contributed by atoms with Gasteiger partial charge in [0.1, 0.15) is 5.84 Å². The van der Waals surface area contributed by atoms with E-state index in [-0.39, 0.29) is 6.07 Å². The molecular weight excluding hydrogens is 414 g/mol. The molecule has 0 saturated heterocycles. The molecule has 1 heterocycles. The van der Waals surface area contributed by atoms with Crippen molar-refractivity contribution >= 4 is 23.2 Å². The van der Waals surface area contributed by atoms with E-state index in [2.05, 4.69) is 10.3 Å². The number of hydrogen-bond acceptors (Lipinski definition) is 3. The normalized spacial score (nSPS) is 14.5. The zero-order chi connectivity index (χ0) is 22.1. The highest BCUT2D eigenvalue weighted by atomic mass is 19.4. The molecule has 0 spiro atoms. The number of rotatable bonds is 3. The number of aliphatic imine (C=N–C) groups is 1. The monoisotopic (exact) mass is 430 g/mol. The summed E-state index contributed by atoms with van der Waals surface area (Å²) in [5.41, 5.74) is -2.65. The van der Waals surface area contributed by atoms with Gasteiger partial charge in [-0.1, -0.05) is 12.1 Å². The Morgan fingerprint density at radius 3 is 2.07 bits per heavy atom. The fraction of sp³-hybridized carbons (Fsp3) is 0.263. The van der Waals surface area contributed by atoms with Crippen LogP contribution in [0.2, 0.25) is 0 Å². The molecule has 30 heavy (non-hydrogen) atoms. The van der Waals surface area contributed by atoms with Gasteiger partial charge < -0.3 is 15.5 Å². The Hall–Kier alpha value is -3.24. The molecule has 0 radical (unpaired) electrons. The quantitative estimate of drug-likeness (QED) is 0.669. The van der Waals surface area contributed by atoms with Crippen molar-refractivity contribution in [3.05, 3.63) is 59.2 Å². The molecule has 2 aromatic rings. The standard InChI is InChI=1S/C19H16F6N4O/c1-29-6-5-26-16(29)11-3-2-4-14(7-11)27-17(30)28-15-9-12(18(20,21)22)8-13(10-15)19(23,24)25/h2-4,7-10H,5-6H2,1H3,(H2,27,28,30). The van der Waals surface area contributed by atoms with Crippen LogP contribution >= 0.6 is 0 Å². The number of hydrogen-bond donors (Lipinski definition) is 2. The van der Waals surface area contributed by atoms with E-state index >= 15 is 0 Å². The van der Waals surface area contributed by atoms with Gasteiger partial charge >= 0.3 is 18.4 Å². The van der Waals surface area contributed by atoms with Crippen molar-refractivity contribution < 1.29 is 31.1 Å². The van der Waals surface area contributed by atoms with Crippen LogP contribution in [0.5, 0.6) is 0 Å². The second kappa shape index (κ2) is 7.88. The Bertz CT molecular complexity index is 951. The Morgan fingerprint density at radius 1 is 0.933 bits per heavy atom. The largest absolute Gasteiger partial charge is 0.416 e. The van der Waals surface area contributed by atoms with Crippen molar-refractivity contribution in [1.82, 2.24) is 4.90 Å². The van der Waals surface area contributed by atoms with Gasteiger partial charge in [0.15, 0.2) is 0 Å². The number of nitrogens with one attached hydrogen (secondary N) is 2. The maximum atomic E-state index is 12.9. The summed E-state index contributed by atoms with van der Waals surface area (Å²) in [5.74, 6) is 0.715. The maximum absolute atomic E-state index is 12.9. The van der Waals surface area contributed by atoms with Crippen LogP contribution in [0.25, 0.3) is 0 Å². The van der Waals surface area contributed by atoms with Gasteiger partial charge in [-0.15, -0.1) is 0 Å². The number of amidine groups is 1. The first-order valence-corrected chi connectivity index (χ1v) is 8.67. The zero-order valence-corrected chi connectivity index (χ0v) is 15.5. The second-order valence-corrected chi connectivity index (χ2v) is 6.58. The van der Waals surface area contributed by atoms with E-state index < -0.39 is 35.2 Å². The van der Waals surface area contributed by atoms with Crippen molar-refractivity contribution in [1.29, 1.82) is 0 Å². The van der Waals surface area contributed by atoms with Gasteiger partial charge in [0.05, 0.1) is 17.7 Å². The number of nitrogens with zero attached hydrogens (tertiary/aromatic N) is 2. The molecule has 1 aliphatic rings. The molecule has 0 aliphatic carbocycles. The van der Waals surface area contributed by atoms with Crippen LogP contribution in [0, 0.1) is 0 Å². The first kappa shape index (κ1) is 21.5. The fourth-order valence-electron chi connectivity index (χ4n) is 2.90. The van der Waals surface area contributed by atoms with Crippen molar-refractivity contribution in [3.63, 3.8) is 0 Å². The first-order valence-electron chi connectivity index (χ1n) is 8.67. The zero-order valence-electron chi connectivity index (χ0n) is 15.5. The minimum Gasteiger partial charge on any atom is -0.358 e. The number of alkyl halides is 6. The highest BCUT2D eigenvalue weighted by Gasteiger charge is 2.37. The molecule has 5 nitrogen and oxygen atoms in total. The molecule has 0 saturated carbocycles. The number of likely N-dealkylation sites (N-methyl/N-ethyl adjacent to an activating group) is 1. The molecule has 0 unspecified atom stereocenters. The molecule has 0 atom stereocenters. The maximum Gasteiger partial charge on any atom is 0.416 e. The number of amides is 2. The lowest BCUT2D eigenvalue weighted by atomic mass is 10.1. The molecule has 0 fully saturated rings. The average Bonchev–Trinajstić information content (AvgIpc) is 3.06. The van der Waals surface area contributed by atoms with Crippen molar-refractivity contribution in [3.8, 4) is 0 Å². The summed E-state index contributed by atoms with van der Waals surface area (Å²) in [5, 5.41) is 4.42. The summed E-state index contributed by atoms with van der Waals surface area (Å²) in [6.45, 7) is 1.37. The Labute approximate surface area is 167 Å². The third-order valence-corrected chi connectivity index (χ3v) is 4.28. The molecular formula is C19H16F6N4O. The summed E-state index contributed by atoms with van der Waals surface area (Å²) in [6, 6.07) is 6.44. The topological polar surface area (TPSA) is 56.7 Å². The number of anilines is 2. The number of urea groups is 1. The molecule has 3 rings (SSSR count). The highest BCUT2D eigenvalue weighted by Crippen LogP contribution is 2.37. The summed E-state index contributed by atoms with van der Waals surface area (Å²) in [6.07, 6.45) is -10.0. The first-order chi connectivity index (χ1) is 13.9. The molecule has 160 valence electrons. The summed E-state index contributed by atoms with van der Waals surface area (Å²) in [7, 11) is 1.85. The van der Waals surface area contributed by atoms with Crippen LogP contribution < -0.4 is 10.6 Å². The molecule has 0 aromatic heterocycles. The molecule has 2 amide bonds. The van der Waals surface area contributed by atoms with E-state index in [9.17, 15) is 31.1 Å². The minimum absolute atomic E-state index is 0.00855. The van der Waals surface area contributed by atoms with Crippen LogP contribution in [0.1, 0.15) is 16.7 Å². The van der Waals surface area contributed by atoms with E-state index in [1.54, 1.807) is 18.2 Å². The Balaban J connectivity index is 1.80. The van der Waals surface area contributed by atoms with Crippen LogP contribution in [0.4, 0.5) is 42.5 Å². The third-order valence-electron chi connectivity index (χ3n) is 4.28. The predicted octanol–water partition coefficient (Wildman–Crippen LogP) is 5.06. The van der Waals surface area contributed by atoms with Gasteiger partial charge in [-0.2, -0.15) is 26.3 Å². The van der Waals surface area contributed by atoms with E-state index in [4.69, 9.17) is 0 Å². The van der Waals surface area contributed by atoms with Crippen molar-refractivity contribution in [2.24, 2.45) is 4.99 Å². The number of halogens is 6. The highest BCUT2D eigenvalue weighted by molar-refractivity contribution is 6.03. The summed E-state index contributed by atoms with van der Waals surface area (Å²) in [4.78, 5) is 18.4. The van der Waals surface area contributed by atoms with Crippen molar-refractivity contribution in [2.45, 2.75) is 12.4 Å². The molecule has 2 N–H and O–H groups in total. The van der Waals surface area contributed by atoms with E-state index in [0.29, 0.717) is 35.8 Å². The summed E-state index contributed by atoms with van der Waals surface area (Å²) >= 11 is 0. The van der Waals surface area contributed by atoms with Crippen LogP contribution in [0.3, 0.4) is 0 Å². The predicted molar refractivity (Wildman–Crippen MR) is 99.6 cm³/mol. The number of benzene rings is 2. The number of carbonyl (C=O) groups excluding carboxylic acids is 1. The summed E-state index contributed by atoms with van der Waals surface area (Å²) < 4.78 is 77.6. The molecule has 2 aromatic carbocycles. The van der Waals surface area contributed by atoms with Crippen LogP contribution in [0.15, 0.2) is 47.5 Å². The van der Waals surface area contributed by atoms with E-state index in [0.717, 1.165) is 6.54 Å². The lowest BCUT2D eigenvalue weighted by Gasteiger charge is -2.16. The van der Waals surface area contributed by atoms with Gasteiger partial charge in [0, 0.05) is 30.5 Å². The van der Waals surface area contributed by atoms with Gasteiger partial charge in [0.2, 0.25) is 0 Å². The smallest absolute Gasteiger partial charge is 0.358 e. The van der Waals surface area contributed by atoms with Gasteiger partial charge in [-0.05, 0) is 30.3 Å². The average molecular weight is 430 g/mol. The van der Waals surface area contributed by atoms with Gasteiger partial charge in [0.25, 0.3) is 0 Å².